The van der Waals surface area contributed by atoms with Crippen LogP contribution in [0.25, 0.3) is 0 Å². The first kappa shape index (κ1) is 17.9. The van der Waals surface area contributed by atoms with Gasteiger partial charge in [-0.15, -0.1) is 0 Å². The Morgan fingerprint density at radius 3 is 2.14 bits per heavy atom. The fraction of sp³-hybridized carbons (Fsp3) is 0.471. The monoisotopic (exact) mass is 305 g/mol. The largest absolute Gasteiger partial charge is 0.480 e. The molecule has 5 nitrogen and oxygen atoms in total. The molecule has 0 saturated carbocycles. The van der Waals surface area contributed by atoms with Gasteiger partial charge in [0.05, 0.1) is 0 Å². The summed E-state index contributed by atoms with van der Waals surface area (Å²) in [5.41, 5.74) is 1.76. The Labute approximate surface area is 130 Å². The zero-order valence-electron chi connectivity index (χ0n) is 13.3. The van der Waals surface area contributed by atoms with Crippen molar-refractivity contribution in [2.45, 2.75) is 46.1 Å². The van der Waals surface area contributed by atoms with Crippen molar-refractivity contribution in [1.29, 1.82) is 0 Å². The number of carboxylic acids is 1. The van der Waals surface area contributed by atoms with Crippen molar-refractivity contribution < 1.29 is 19.5 Å². The van der Waals surface area contributed by atoms with Crippen LogP contribution in [0.3, 0.4) is 0 Å². The number of carbonyl (C=O) groups is 3. The maximum atomic E-state index is 12.0. The van der Waals surface area contributed by atoms with E-state index in [-0.39, 0.29) is 18.6 Å². The van der Waals surface area contributed by atoms with Crippen LogP contribution in [0.4, 0.5) is 0 Å². The van der Waals surface area contributed by atoms with Crippen molar-refractivity contribution in [3.63, 3.8) is 0 Å². The van der Waals surface area contributed by atoms with E-state index >= 15 is 0 Å². The SMILES string of the molecule is CC(C)Cc1ccc(C(=O)CCC(=O)NC(C)C(=O)O)cc1. The van der Waals surface area contributed by atoms with Gasteiger partial charge in [-0.3, -0.25) is 14.4 Å². The van der Waals surface area contributed by atoms with Crippen LogP contribution in [-0.4, -0.2) is 28.8 Å². The molecule has 1 aromatic carbocycles. The van der Waals surface area contributed by atoms with Crippen molar-refractivity contribution >= 4 is 17.7 Å². The zero-order chi connectivity index (χ0) is 16.7. The molecule has 0 aromatic heterocycles. The van der Waals surface area contributed by atoms with Crippen LogP contribution in [0.15, 0.2) is 24.3 Å². The summed E-state index contributed by atoms with van der Waals surface area (Å²) in [6, 6.07) is 6.47. The van der Waals surface area contributed by atoms with Crippen molar-refractivity contribution in [3.8, 4) is 0 Å². The fourth-order valence-electron chi connectivity index (χ4n) is 2.04. The molecule has 1 aromatic rings. The number of Topliss-reactive ketones (excluding diaryl/α,β-unsaturated/α-hetero) is 1. The van der Waals surface area contributed by atoms with Crippen LogP contribution in [0.5, 0.6) is 0 Å². The van der Waals surface area contributed by atoms with Crippen LogP contribution < -0.4 is 5.32 Å². The van der Waals surface area contributed by atoms with E-state index in [4.69, 9.17) is 5.11 Å². The number of carboxylic acid groups (broad SMARTS) is 1. The smallest absolute Gasteiger partial charge is 0.325 e. The van der Waals surface area contributed by atoms with E-state index in [0.29, 0.717) is 11.5 Å². The predicted octanol–water partition coefficient (Wildman–Crippen LogP) is 2.44. The van der Waals surface area contributed by atoms with E-state index in [9.17, 15) is 14.4 Å². The highest BCUT2D eigenvalue weighted by Crippen LogP contribution is 2.12. The van der Waals surface area contributed by atoms with Crippen LogP contribution in [0.2, 0.25) is 0 Å². The Balaban J connectivity index is 2.48. The Bertz CT molecular complexity index is 534. The van der Waals surface area contributed by atoms with E-state index in [1.54, 1.807) is 12.1 Å². The van der Waals surface area contributed by atoms with Crippen LogP contribution in [0, 0.1) is 5.92 Å². The summed E-state index contributed by atoms with van der Waals surface area (Å²) < 4.78 is 0. The van der Waals surface area contributed by atoms with Crippen molar-refractivity contribution in [2.24, 2.45) is 5.92 Å². The van der Waals surface area contributed by atoms with Gasteiger partial charge in [0, 0.05) is 18.4 Å². The van der Waals surface area contributed by atoms with Crippen molar-refractivity contribution in [1.82, 2.24) is 5.32 Å². The molecular weight excluding hydrogens is 282 g/mol. The molecule has 0 saturated heterocycles. The molecule has 0 aliphatic rings. The first-order valence-electron chi connectivity index (χ1n) is 7.44. The molecule has 1 atom stereocenters. The lowest BCUT2D eigenvalue weighted by Crippen LogP contribution is -2.38. The molecule has 1 rings (SSSR count). The molecule has 0 spiro atoms. The molecule has 0 radical (unpaired) electrons. The van der Waals surface area contributed by atoms with Gasteiger partial charge < -0.3 is 10.4 Å². The topological polar surface area (TPSA) is 83.5 Å². The summed E-state index contributed by atoms with van der Waals surface area (Å²) in [7, 11) is 0. The van der Waals surface area contributed by atoms with Gasteiger partial charge in [0.1, 0.15) is 6.04 Å². The summed E-state index contributed by atoms with van der Waals surface area (Å²) in [4.78, 5) is 34.2. The molecule has 0 heterocycles. The summed E-state index contributed by atoms with van der Waals surface area (Å²) in [6.07, 6.45) is 1.02. The normalized spacial score (nSPS) is 12.0. The van der Waals surface area contributed by atoms with Gasteiger partial charge in [-0.2, -0.15) is 0 Å². The Morgan fingerprint density at radius 1 is 1.05 bits per heavy atom. The molecule has 1 amide bonds. The molecule has 22 heavy (non-hydrogen) atoms. The minimum atomic E-state index is -1.10. The third-order valence-corrected chi connectivity index (χ3v) is 3.25. The van der Waals surface area contributed by atoms with Gasteiger partial charge in [-0.25, -0.2) is 0 Å². The minimum Gasteiger partial charge on any atom is -0.480 e. The van der Waals surface area contributed by atoms with E-state index < -0.39 is 17.9 Å². The number of aliphatic carboxylic acids is 1. The van der Waals surface area contributed by atoms with Gasteiger partial charge >= 0.3 is 5.97 Å². The number of benzene rings is 1. The lowest BCUT2D eigenvalue weighted by molar-refractivity contribution is -0.141. The van der Waals surface area contributed by atoms with E-state index in [1.165, 1.54) is 12.5 Å². The molecule has 0 aliphatic carbocycles. The second-order valence-corrected chi connectivity index (χ2v) is 5.85. The summed E-state index contributed by atoms with van der Waals surface area (Å²) >= 11 is 0. The maximum absolute atomic E-state index is 12.0. The number of hydrogen-bond acceptors (Lipinski definition) is 3. The molecule has 0 aliphatic heterocycles. The minimum absolute atomic E-state index is 0.00972. The standard InChI is InChI=1S/C17H23NO4/c1-11(2)10-13-4-6-14(7-5-13)15(19)8-9-16(20)18-12(3)17(21)22/h4-7,11-12H,8-10H2,1-3H3,(H,18,20)(H,21,22). The second-order valence-electron chi connectivity index (χ2n) is 5.85. The summed E-state index contributed by atoms with van der Waals surface area (Å²) in [5.74, 6) is -1.09. The fourth-order valence-corrected chi connectivity index (χ4v) is 2.04. The first-order valence-corrected chi connectivity index (χ1v) is 7.44. The highest BCUT2D eigenvalue weighted by molar-refractivity contribution is 5.98. The summed E-state index contributed by atoms with van der Waals surface area (Å²) in [5, 5.41) is 11.0. The van der Waals surface area contributed by atoms with Crippen LogP contribution in [0.1, 0.15) is 49.5 Å². The highest BCUT2D eigenvalue weighted by atomic mass is 16.4. The summed E-state index contributed by atoms with van der Waals surface area (Å²) in [6.45, 7) is 5.65. The Morgan fingerprint density at radius 2 is 1.64 bits per heavy atom. The Kier molecular flexibility index (Phi) is 6.76. The first-order chi connectivity index (χ1) is 10.3. The number of rotatable bonds is 8. The van der Waals surface area contributed by atoms with Crippen molar-refractivity contribution in [3.05, 3.63) is 35.4 Å². The maximum Gasteiger partial charge on any atom is 0.325 e. The van der Waals surface area contributed by atoms with Gasteiger partial charge in [0.15, 0.2) is 5.78 Å². The number of nitrogens with one attached hydrogen (secondary N) is 1. The predicted molar refractivity (Wildman–Crippen MR) is 83.8 cm³/mol. The van der Waals surface area contributed by atoms with Gasteiger partial charge in [-0.05, 0) is 24.8 Å². The van der Waals surface area contributed by atoms with Gasteiger partial charge in [0.25, 0.3) is 0 Å². The molecular formula is C17H23NO4. The molecule has 120 valence electrons. The number of carbonyl (C=O) groups excluding carboxylic acids is 2. The van der Waals surface area contributed by atoms with E-state index in [0.717, 1.165) is 6.42 Å². The quantitative estimate of drug-likeness (QED) is 0.723. The van der Waals surface area contributed by atoms with Gasteiger partial charge in [-0.1, -0.05) is 38.1 Å². The lowest BCUT2D eigenvalue weighted by atomic mass is 9.99. The molecule has 1 unspecified atom stereocenters. The number of amides is 1. The molecule has 5 heteroatoms. The van der Waals surface area contributed by atoms with Crippen LogP contribution >= 0.6 is 0 Å². The molecule has 2 N–H and O–H groups in total. The second kappa shape index (κ2) is 8.32. The zero-order valence-corrected chi connectivity index (χ0v) is 13.3. The average molecular weight is 305 g/mol. The number of hydrogen-bond donors (Lipinski definition) is 2. The van der Waals surface area contributed by atoms with Crippen LogP contribution in [-0.2, 0) is 16.0 Å². The third-order valence-electron chi connectivity index (χ3n) is 3.25. The number of ketones is 1. The lowest BCUT2D eigenvalue weighted by Gasteiger charge is -2.09. The molecule has 0 bridgehead atoms. The van der Waals surface area contributed by atoms with E-state index in [2.05, 4.69) is 19.2 Å². The van der Waals surface area contributed by atoms with Crippen molar-refractivity contribution in [2.75, 3.05) is 0 Å². The molecule has 0 fully saturated rings. The Hall–Kier alpha value is -2.17. The van der Waals surface area contributed by atoms with E-state index in [1.807, 2.05) is 12.1 Å². The van der Waals surface area contributed by atoms with Gasteiger partial charge in [0.2, 0.25) is 5.91 Å². The highest BCUT2D eigenvalue weighted by Gasteiger charge is 2.15. The average Bonchev–Trinajstić information content (AvgIpc) is 2.44. The third kappa shape index (κ3) is 6.08.